The molecule has 2 aromatic rings. The Morgan fingerprint density at radius 2 is 2.17 bits per heavy atom. The molecule has 0 aliphatic carbocycles. The predicted octanol–water partition coefficient (Wildman–Crippen LogP) is 1.82. The smallest absolute Gasteiger partial charge is 0.220 e. The summed E-state index contributed by atoms with van der Waals surface area (Å²) in [6, 6.07) is 7.63. The van der Waals surface area contributed by atoms with Crippen molar-refractivity contribution in [3.05, 3.63) is 46.8 Å². The maximum Gasteiger partial charge on any atom is 0.220 e. The molecule has 0 radical (unpaired) electrons. The fraction of sp³-hybridized carbons (Fsp3) is 0.444. The molecule has 6 nitrogen and oxygen atoms in total. The normalized spacial score (nSPS) is 12.0. The lowest BCUT2D eigenvalue weighted by Crippen LogP contribution is -2.35. The highest BCUT2D eigenvalue weighted by Crippen LogP contribution is 2.13. The first-order valence-electron chi connectivity index (χ1n) is 8.10. The Hall–Kier alpha value is -2.34. The molecule has 3 N–H and O–H groups in total. The minimum absolute atomic E-state index is 0.0930. The van der Waals surface area contributed by atoms with Crippen LogP contribution in [-0.2, 0) is 11.2 Å². The summed E-state index contributed by atoms with van der Waals surface area (Å²) in [7, 11) is 0. The second kappa shape index (κ2) is 8.49. The first-order valence-corrected chi connectivity index (χ1v) is 8.10. The number of rotatable bonds is 8. The number of aliphatic hydroxyl groups excluding tert-OH is 1. The molecule has 0 fully saturated rings. The van der Waals surface area contributed by atoms with E-state index in [1.54, 1.807) is 0 Å². The number of amides is 1. The van der Waals surface area contributed by atoms with E-state index in [0.29, 0.717) is 18.6 Å². The molecule has 1 atom stereocenters. The molecular formula is C18H25N3O3. The number of carbonyl (C=O) groups excluding carboxylic acids is 1. The third-order valence-electron chi connectivity index (χ3n) is 3.85. The molecule has 130 valence electrons. The summed E-state index contributed by atoms with van der Waals surface area (Å²) in [6.07, 6.45) is 0.259. The third-order valence-corrected chi connectivity index (χ3v) is 3.85. The Bertz CT molecular complexity index is 662. The van der Waals surface area contributed by atoms with Gasteiger partial charge in [0.1, 0.15) is 18.5 Å². The minimum Gasteiger partial charge on any atom is -0.491 e. The maximum atomic E-state index is 11.9. The highest BCUT2D eigenvalue weighted by atomic mass is 16.5. The van der Waals surface area contributed by atoms with Gasteiger partial charge in [-0.1, -0.05) is 12.1 Å². The van der Waals surface area contributed by atoms with Crippen LogP contribution in [0.2, 0.25) is 0 Å². The Labute approximate surface area is 142 Å². The Morgan fingerprint density at radius 1 is 1.38 bits per heavy atom. The van der Waals surface area contributed by atoms with E-state index >= 15 is 0 Å². The summed E-state index contributed by atoms with van der Waals surface area (Å²) < 4.78 is 5.52. The first kappa shape index (κ1) is 18.0. The lowest BCUT2D eigenvalue weighted by atomic mass is 10.1. The number of carbonyl (C=O) groups is 1. The van der Waals surface area contributed by atoms with Gasteiger partial charge in [-0.25, -0.2) is 0 Å². The molecule has 0 saturated heterocycles. The first-order chi connectivity index (χ1) is 11.5. The Kier molecular flexibility index (Phi) is 6.37. The van der Waals surface area contributed by atoms with Gasteiger partial charge in [-0.2, -0.15) is 5.10 Å². The van der Waals surface area contributed by atoms with Crippen molar-refractivity contribution in [2.45, 2.75) is 39.7 Å². The number of nitrogens with zero attached hydrogens (tertiary/aromatic N) is 1. The summed E-state index contributed by atoms with van der Waals surface area (Å²) in [5.41, 5.74) is 4.09. The zero-order valence-electron chi connectivity index (χ0n) is 14.4. The molecule has 0 bridgehead atoms. The second-order valence-corrected chi connectivity index (χ2v) is 6.00. The van der Waals surface area contributed by atoms with Crippen LogP contribution < -0.4 is 10.1 Å². The topological polar surface area (TPSA) is 87.2 Å². The van der Waals surface area contributed by atoms with Crippen molar-refractivity contribution in [2.24, 2.45) is 0 Å². The lowest BCUT2D eigenvalue weighted by molar-refractivity contribution is -0.121. The van der Waals surface area contributed by atoms with Gasteiger partial charge in [-0.15, -0.1) is 0 Å². The van der Waals surface area contributed by atoms with E-state index in [-0.39, 0.29) is 19.1 Å². The van der Waals surface area contributed by atoms with Crippen molar-refractivity contribution in [1.82, 2.24) is 15.5 Å². The van der Waals surface area contributed by atoms with Gasteiger partial charge in [0.2, 0.25) is 5.91 Å². The van der Waals surface area contributed by atoms with Crippen molar-refractivity contribution < 1.29 is 14.6 Å². The van der Waals surface area contributed by atoms with Crippen LogP contribution in [0.3, 0.4) is 0 Å². The molecule has 0 aliphatic rings. The van der Waals surface area contributed by atoms with Gasteiger partial charge in [0.05, 0.1) is 5.69 Å². The van der Waals surface area contributed by atoms with Crippen LogP contribution >= 0.6 is 0 Å². The molecule has 1 aromatic heterocycles. The van der Waals surface area contributed by atoms with E-state index in [4.69, 9.17) is 4.74 Å². The van der Waals surface area contributed by atoms with Crippen LogP contribution in [-0.4, -0.2) is 40.5 Å². The Morgan fingerprint density at radius 3 is 2.83 bits per heavy atom. The number of benzene rings is 1. The number of hydrogen-bond acceptors (Lipinski definition) is 4. The fourth-order valence-electron chi connectivity index (χ4n) is 2.46. The highest BCUT2D eigenvalue weighted by molar-refractivity contribution is 5.76. The lowest BCUT2D eigenvalue weighted by Gasteiger charge is -2.13. The van der Waals surface area contributed by atoms with E-state index < -0.39 is 6.10 Å². The summed E-state index contributed by atoms with van der Waals surface area (Å²) in [5, 5.41) is 19.7. The highest BCUT2D eigenvalue weighted by Gasteiger charge is 2.11. The van der Waals surface area contributed by atoms with Crippen LogP contribution in [0.1, 0.15) is 28.9 Å². The molecule has 1 heterocycles. The van der Waals surface area contributed by atoms with E-state index in [9.17, 15) is 9.90 Å². The van der Waals surface area contributed by atoms with E-state index in [1.165, 1.54) is 0 Å². The summed E-state index contributed by atoms with van der Waals surface area (Å²) >= 11 is 0. The van der Waals surface area contributed by atoms with Gasteiger partial charge >= 0.3 is 0 Å². The fourth-order valence-corrected chi connectivity index (χ4v) is 2.46. The average Bonchev–Trinajstić information content (AvgIpc) is 2.87. The van der Waals surface area contributed by atoms with E-state index in [1.807, 2.05) is 45.0 Å². The van der Waals surface area contributed by atoms with Gasteiger partial charge in [0.15, 0.2) is 0 Å². The molecule has 0 aliphatic heterocycles. The quantitative estimate of drug-likeness (QED) is 0.688. The van der Waals surface area contributed by atoms with E-state index in [0.717, 1.165) is 22.5 Å². The summed E-state index contributed by atoms with van der Waals surface area (Å²) in [6.45, 7) is 6.16. The second-order valence-electron chi connectivity index (χ2n) is 6.00. The number of nitrogens with one attached hydrogen (secondary N) is 2. The van der Waals surface area contributed by atoms with Gasteiger partial charge in [-0.3, -0.25) is 9.89 Å². The SMILES string of the molecule is Cc1cccc(OCC(O)CNC(=O)CCc2c(C)n[nH]c2C)c1. The van der Waals surface area contributed by atoms with Crippen LogP contribution in [0, 0.1) is 20.8 Å². The Balaban J connectivity index is 1.67. The number of aliphatic hydroxyl groups is 1. The molecule has 2 rings (SSSR count). The number of H-pyrrole nitrogens is 1. The molecule has 6 heteroatoms. The molecule has 0 spiro atoms. The van der Waals surface area contributed by atoms with Crippen LogP contribution in [0.15, 0.2) is 24.3 Å². The van der Waals surface area contributed by atoms with Crippen LogP contribution in [0.25, 0.3) is 0 Å². The number of aromatic nitrogens is 2. The predicted molar refractivity (Wildman–Crippen MR) is 92.1 cm³/mol. The zero-order chi connectivity index (χ0) is 17.5. The van der Waals surface area contributed by atoms with Crippen molar-refractivity contribution in [3.8, 4) is 5.75 Å². The number of hydrogen-bond donors (Lipinski definition) is 3. The zero-order valence-corrected chi connectivity index (χ0v) is 14.4. The van der Waals surface area contributed by atoms with Gasteiger partial charge in [0.25, 0.3) is 0 Å². The van der Waals surface area contributed by atoms with E-state index in [2.05, 4.69) is 15.5 Å². The van der Waals surface area contributed by atoms with Gasteiger partial charge in [0, 0.05) is 18.7 Å². The standard InChI is InChI=1S/C18H25N3O3/c1-12-5-4-6-16(9-12)24-11-15(22)10-19-18(23)8-7-17-13(2)20-21-14(17)3/h4-6,9,15,22H,7-8,10-11H2,1-3H3,(H,19,23)(H,20,21). The molecular weight excluding hydrogens is 306 g/mol. The number of aryl methyl sites for hydroxylation is 3. The largest absolute Gasteiger partial charge is 0.491 e. The number of ether oxygens (including phenoxy) is 1. The molecule has 1 unspecified atom stereocenters. The van der Waals surface area contributed by atoms with Crippen molar-refractivity contribution in [1.29, 1.82) is 0 Å². The van der Waals surface area contributed by atoms with Gasteiger partial charge < -0.3 is 15.2 Å². The molecule has 1 aromatic carbocycles. The van der Waals surface area contributed by atoms with Crippen LogP contribution in [0.5, 0.6) is 5.75 Å². The summed E-state index contributed by atoms with van der Waals surface area (Å²) in [5.74, 6) is 0.621. The van der Waals surface area contributed by atoms with Crippen molar-refractivity contribution in [3.63, 3.8) is 0 Å². The average molecular weight is 331 g/mol. The maximum absolute atomic E-state index is 11.9. The van der Waals surface area contributed by atoms with Crippen molar-refractivity contribution in [2.75, 3.05) is 13.2 Å². The van der Waals surface area contributed by atoms with Crippen LogP contribution in [0.4, 0.5) is 0 Å². The number of aromatic amines is 1. The molecule has 0 saturated carbocycles. The molecule has 24 heavy (non-hydrogen) atoms. The monoisotopic (exact) mass is 331 g/mol. The summed E-state index contributed by atoms with van der Waals surface area (Å²) in [4.78, 5) is 11.9. The minimum atomic E-state index is -0.744. The third kappa shape index (κ3) is 5.38. The molecule has 1 amide bonds. The van der Waals surface area contributed by atoms with Gasteiger partial charge in [-0.05, 0) is 50.5 Å². The van der Waals surface area contributed by atoms with Crippen molar-refractivity contribution >= 4 is 5.91 Å².